The highest BCUT2D eigenvalue weighted by molar-refractivity contribution is 14.1. The quantitative estimate of drug-likeness (QED) is 0.536. The van der Waals surface area contributed by atoms with E-state index in [-0.39, 0.29) is 24.4 Å². The predicted octanol–water partition coefficient (Wildman–Crippen LogP) is 3.41. The fourth-order valence-corrected chi connectivity index (χ4v) is 3.10. The maximum Gasteiger partial charge on any atom is 0.162 e. The maximum absolute atomic E-state index is 6.11. The summed E-state index contributed by atoms with van der Waals surface area (Å²) in [5, 5.41) is 0. The highest BCUT2D eigenvalue weighted by Gasteiger charge is 2.36. The van der Waals surface area contributed by atoms with E-state index in [9.17, 15) is 0 Å². The normalized spacial score (nSPS) is 29.3. The van der Waals surface area contributed by atoms with E-state index in [1.165, 1.54) is 0 Å². The van der Waals surface area contributed by atoms with Gasteiger partial charge in [-0.1, -0.05) is 41.6 Å². The smallest absolute Gasteiger partial charge is 0.162 e. The zero-order valence-electron chi connectivity index (χ0n) is 12.8. The van der Waals surface area contributed by atoms with E-state index >= 15 is 0 Å². The number of rotatable bonds is 6. The van der Waals surface area contributed by atoms with Gasteiger partial charge in [0.25, 0.3) is 0 Å². The van der Waals surface area contributed by atoms with Crippen LogP contribution in [0.1, 0.15) is 18.9 Å². The van der Waals surface area contributed by atoms with Crippen LogP contribution < -0.4 is 4.74 Å². The lowest BCUT2D eigenvalue weighted by Crippen LogP contribution is -2.45. The van der Waals surface area contributed by atoms with E-state index in [1.807, 2.05) is 24.3 Å². The van der Waals surface area contributed by atoms with Gasteiger partial charge in [-0.2, -0.15) is 0 Å². The van der Waals surface area contributed by atoms with E-state index in [4.69, 9.17) is 18.9 Å². The number of benzene rings is 1. The van der Waals surface area contributed by atoms with Crippen LogP contribution in [0.25, 0.3) is 0 Å². The fraction of sp³-hybridized carbons (Fsp3) is 0.625. The van der Waals surface area contributed by atoms with Crippen LogP contribution in [0.3, 0.4) is 0 Å². The number of halogens is 1. The number of hydrogen-bond donors (Lipinski definition) is 0. The number of ether oxygens (including phenoxy) is 4. The summed E-state index contributed by atoms with van der Waals surface area (Å²) < 4.78 is 23.5. The van der Waals surface area contributed by atoms with Crippen molar-refractivity contribution in [3.05, 3.63) is 29.8 Å². The van der Waals surface area contributed by atoms with Crippen LogP contribution >= 0.6 is 22.6 Å². The Balaban J connectivity index is 1.93. The summed E-state index contributed by atoms with van der Waals surface area (Å²) in [6, 6.07) is 7.98. The van der Waals surface area contributed by atoms with Crippen molar-refractivity contribution in [2.75, 3.05) is 18.6 Å². The molecule has 5 heteroatoms. The second-order valence-corrected chi connectivity index (χ2v) is 6.19. The summed E-state index contributed by atoms with van der Waals surface area (Å²) in [6.07, 6.45) is 1.10. The summed E-state index contributed by atoms with van der Waals surface area (Å²) in [6.45, 7) is 2.72. The van der Waals surface area contributed by atoms with Crippen LogP contribution in [0.4, 0.5) is 0 Å². The lowest BCUT2D eigenvalue weighted by Gasteiger charge is -2.39. The van der Waals surface area contributed by atoms with Crippen molar-refractivity contribution < 1.29 is 18.9 Å². The van der Waals surface area contributed by atoms with Crippen LogP contribution in [0.2, 0.25) is 0 Å². The van der Waals surface area contributed by atoms with E-state index in [1.54, 1.807) is 14.2 Å². The summed E-state index contributed by atoms with van der Waals surface area (Å²) in [5.74, 6) is 1.09. The molecular weight excluding hydrogens is 383 g/mol. The first-order valence-corrected chi connectivity index (χ1v) is 8.69. The van der Waals surface area contributed by atoms with E-state index in [0.29, 0.717) is 6.61 Å². The minimum atomic E-state index is -0.181. The van der Waals surface area contributed by atoms with E-state index in [2.05, 4.69) is 29.5 Å². The second-order valence-electron chi connectivity index (χ2n) is 5.31. The Kier molecular flexibility index (Phi) is 6.73. The molecule has 0 N–H and O–H groups in total. The molecule has 0 saturated carbocycles. The SMILES string of the molecule is COc1ccc(CO[C@H]2C[C@@H](CI)O[C@@H](OC)[C@@H]2C)cc1. The van der Waals surface area contributed by atoms with Crippen molar-refractivity contribution in [3.63, 3.8) is 0 Å². The molecule has 4 atom stereocenters. The number of alkyl halides is 1. The molecule has 21 heavy (non-hydrogen) atoms. The largest absolute Gasteiger partial charge is 0.497 e. The van der Waals surface area contributed by atoms with Gasteiger partial charge in [0.1, 0.15) is 5.75 Å². The Hall–Kier alpha value is -0.370. The van der Waals surface area contributed by atoms with E-state index in [0.717, 1.165) is 22.2 Å². The van der Waals surface area contributed by atoms with Gasteiger partial charge in [0, 0.05) is 23.9 Å². The number of hydrogen-bond acceptors (Lipinski definition) is 4. The van der Waals surface area contributed by atoms with E-state index < -0.39 is 0 Å². The van der Waals surface area contributed by atoms with Crippen LogP contribution in [0.15, 0.2) is 24.3 Å². The van der Waals surface area contributed by atoms with Gasteiger partial charge in [-0.25, -0.2) is 0 Å². The van der Waals surface area contributed by atoms with Crippen molar-refractivity contribution >= 4 is 22.6 Å². The highest BCUT2D eigenvalue weighted by Crippen LogP contribution is 2.29. The molecule has 1 aliphatic heterocycles. The second kappa shape index (κ2) is 8.31. The summed E-state index contributed by atoms with van der Waals surface area (Å²) in [5.41, 5.74) is 1.15. The van der Waals surface area contributed by atoms with Crippen LogP contribution in [-0.2, 0) is 20.8 Å². The molecule has 0 spiro atoms. The molecule has 0 aromatic heterocycles. The molecule has 1 fully saturated rings. The first kappa shape index (κ1) is 17.0. The van der Waals surface area contributed by atoms with Crippen molar-refractivity contribution in [1.29, 1.82) is 0 Å². The van der Waals surface area contributed by atoms with Gasteiger partial charge < -0.3 is 18.9 Å². The van der Waals surface area contributed by atoms with Gasteiger partial charge >= 0.3 is 0 Å². The minimum Gasteiger partial charge on any atom is -0.497 e. The van der Waals surface area contributed by atoms with Crippen LogP contribution in [0.5, 0.6) is 5.75 Å². The Morgan fingerprint density at radius 3 is 2.52 bits per heavy atom. The molecule has 0 unspecified atom stereocenters. The van der Waals surface area contributed by atoms with Crippen molar-refractivity contribution in [2.45, 2.75) is 38.4 Å². The molecule has 0 amide bonds. The van der Waals surface area contributed by atoms with Crippen molar-refractivity contribution in [2.24, 2.45) is 5.92 Å². The zero-order chi connectivity index (χ0) is 15.2. The lowest BCUT2D eigenvalue weighted by atomic mass is 9.95. The minimum absolute atomic E-state index is 0.158. The Bertz CT molecular complexity index is 423. The molecule has 2 rings (SSSR count). The molecule has 1 heterocycles. The first-order valence-electron chi connectivity index (χ1n) is 7.16. The highest BCUT2D eigenvalue weighted by atomic mass is 127. The Labute approximate surface area is 140 Å². The monoisotopic (exact) mass is 406 g/mol. The molecule has 0 radical (unpaired) electrons. The standard InChI is InChI=1S/C16H23IO4/c1-11-15(8-14(9-17)21-16(11)19-3)20-10-12-4-6-13(18-2)7-5-12/h4-7,11,14-16H,8-10H2,1-3H3/t11-,14+,15+,16-/m1/s1. The third-order valence-electron chi connectivity index (χ3n) is 3.87. The molecular formula is C16H23IO4. The van der Waals surface area contributed by atoms with Gasteiger partial charge in [-0.05, 0) is 17.7 Å². The predicted molar refractivity (Wildman–Crippen MR) is 89.9 cm³/mol. The van der Waals surface area contributed by atoms with Crippen LogP contribution in [-0.4, -0.2) is 37.1 Å². The van der Waals surface area contributed by atoms with Gasteiger partial charge in [0.2, 0.25) is 0 Å². The summed E-state index contributed by atoms with van der Waals surface area (Å²) in [7, 11) is 3.36. The molecule has 1 aromatic rings. The average molecular weight is 406 g/mol. The lowest BCUT2D eigenvalue weighted by molar-refractivity contribution is -0.236. The molecule has 0 bridgehead atoms. The topological polar surface area (TPSA) is 36.9 Å². The molecule has 4 nitrogen and oxygen atoms in total. The molecule has 1 saturated heterocycles. The first-order chi connectivity index (χ1) is 10.2. The van der Waals surface area contributed by atoms with Crippen molar-refractivity contribution in [3.8, 4) is 5.75 Å². The average Bonchev–Trinajstić information content (AvgIpc) is 2.54. The molecule has 118 valence electrons. The number of methoxy groups -OCH3 is 2. The summed E-state index contributed by atoms with van der Waals surface area (Å²) in [4.78, 5) is 0. The molecule has 0 aliphatic carbocycles. The Morgan fingerprint density at radius 1 is 1.24 bits per heavy atom. The van der Waals surface area contributed by atoms with Crippen LogP contribution in [0, 0.1) is 5.92 Å². The van der Waals surface area contributed by atoms with Gasteiger partial charge in [0.15, 0.2) is 6.29 Å². The van der Waals surface area contributed by atoms with Crippen molar-refractivity contribution in [1.82, 2.24) is 0 Å². The maximum atomic E-state index is 6.11. The molecule has 1 aliphatic rings. The van der Waals surface area contributed by atoms with Gasteiger partial charge in [-0.3, -0.25) is 0 Å². The van der Waals surface area contributed by atoms with Gasteiger partial charge in [0.05, 0.1) is 25.9 Å². The van der Waals surface area contributed by atoms with Gasteiger partial charge in [-0.15, -0.1) is 0 Å². The third-order valence-corrected chi connectivity index (χ3v) is 4.85. The summed E-state index contributed by atoms with van der Waals surface area (Å²) >= 11 is 2.35. The zero-order valence-corrected chi connectivity index (χ0v) is 14.9. The molecule has 1 aromatic carbocycles. The Morgan fingerprint density at radius 2 is 1.95 bits per heavy atom. The fourth-order valence-electron chi connectivity index (χ4n) is 2.53. The third kappa shape index (κ3) is 4.55.